The number of aromatic nitrogens is 9. The molecule has 3 aromatic heterocycles. The van der Waals surface area contributed by atoms with Gasteiger partial charge < -0.3 is 9.64 Å². The number of ether oxygens (including phenoxy) is 1. The summed E-state index contributed by atoms with van der Waals surface area (Å²) in [5, 5.41) is 19.0. The molecule has 0 unspecified atom stereocenters. The lowest BCUT2D eigenvalue weighted by molar-refractivity contribution is -0.138. The van der Waals surface area contributed by atoms with Gasteiger partial charge in [0.2, 0.25) is 5.95 Å². The first-order valence-corrected chi connectivity index (χ1v) is 10.6. The summed E-state index contributed by atoms with van der Waals surface area (Å²) in [7, 11) is 0. The fraction of sp³-hybridized carbons (Fsp3) is 0.350. The van der Waals surface area contributed by atoms with Gasteiger partial charge in [-0.25, -0.2) is 23.4 Å². The number of tetrazole rings is 1. The van der Waals surface area contributed by atoms with Crippen LogP contribution < -0.4 is 9.64 Å². The summed E-state index contributed by atoms with van der Waals surface area (Å²) in [5.41, 5.74) is -0.200. The Labute approximate surface area is 199 Å². The van der Waals surface area contributed by atoms with Crippen molar-refractivity contribution >= 4 is 5.95 Å². The standard InChI is InChI=1S/C20H17F5N10O/c21-15-5-14(34-11-28-31-32-34)1-2-18(15)36-10-13-8-29-35(30-13)17-3-4-33(9-16(17)22)19-26-6-12(7-27-19)20(23,24)25/h1-2,5-8,11,16-17H,3-4,9-10H2/t16-,17+/m0/s1. The van der Waals surface area contributed by atoms with Gasteiger partial charge in [-0.05, 0) is 29.0 Å². The molecule has 2 atom stereocenters. The average Bonchev–Trinajstić information content (AvgIpc) is 3.55. The van der Waals surface area contributed by atoms with Crippen LogP contribution in [-0.2, 0) is 12.8 Å². The maximum atomic E-state index is 14.9. The predicted molar refractivity (Wildman–Crippen MR) is 111 cm³/mol. The normalized spacial score (nSPS) is 18.4. The Balaban J connectivity index is 1.18. The van der Waals surface area contributed by atoms with E-state index in [1.54, 1.807) is 6.07 Å². The molecule has 5 rings (SSSR count). The Morgan fingerprint density at radius 1 is 1.11 bits per heavy atom. The molecule has 0 bridgehead atoms. The highest BCUT2D eigenvalue weighted by molar-refractivity contribution is 5.37. The largest absolute Gasteiger partial charge is 0.484 e. The Bertz CT molecular complexity index is 1310. The van der Waals surface area contributed by atoms with E-state index in [4.69, 9.17) is 4.74 Å². The number of alkyl halides is 4. The van der Waals surface area contributed by atoms with Crippen molar-refractivity contribution in [1.29, 1.82) is 0 Å². The number of hydrogen-bond acceptors (Lipinski definition) is 9. The topological polar surface area (TPSA) is 113 Å². The highest BCUT2D eigenvalue weighted by atomic mass is 19.4. The third-order valence-corrected chi connectivity index (χ3v) is 5.51. The van der Waals surface area contributed by atoms with Gasteiger partial charge in [-0.3, -0.25) is 0 Å². The summed E-state index contributed by atoms with van der Waals surface area (Å²) >= 11 is 0. The summed E-state index contributed by atoms with van der Waals surface area (Å²) in [6.07, 6.45) is -1.64. The zero-order valence-corrected chi connectivity index (χ0v) is 18.3. The third-order valence-electron chi connectivity index (χ3n) is 5.51. The van der Waals surface area contributed by atoms with Crippen molar-refractivity contribution in [2.45, 2.75) is 31.4 Å². The number of benzene rings is 1. The van der Waals surface area contributed by atoms with Crippen LogP contribution in [0.15, 0.2) is 43.1 Å². The summed E-state index contributed by atoms with van der Waals surface area (Å²) in [6.45, 7) is 0.0568. The molecule has 1 fully saturated rings. The van der Waals surface area contributed by atoms with Crippen LogP contribution in [0.1, 0.15) is 23.7 Å². The number of nitrogens with zero attached hydrogens (tertiary/aromatic N) is 10. The average molecular weight is 508 g/mol. The number of halogens is 5. The fourth-order valence-corrected chi connectivity index (χ4v) is 3.68. The van der Waals surface area contributed by atoms with Gasteiger partial charge >= 0.3 is 6.18 Å². The predicted octanol–water partition coefficient (Wildman–Crippen LogP) is 2.57. The first kappa shape index (κ1) is 23.5. The van der Waals surface area contributed by atoms with E-state index in [1.165, 1.54) is 39.0 Å². The summed E-state index contributed by atoms with van der Waals surface area (Å²) in [6, 6.07) is 3.52. The lowest BCUT2D eigenvalue weighted by Gasteiger charge is -2.34. The molecule has 1 aliphatic heterocycles. The van der Waals surface area contributed by atoms with Gasteiger partial charge in [0.1, 0.15) is 30.8 Å². The summed E-state index contributed by atoms with van der Waals surface area (Å²) in [5.74, 6) is -0.633. The van der Waals surface area contributed by atoms with Crippen LogP contribution in [0.5, 0.6) is 5.75 Å². The quantitative estimate of drug-likeness (QED) is 0.363. The first-order chi connectivity index (χ1) is 17.3. The lowest BCUT2D eigenvalue weighted by atomic mass is 10.0. The SMILES string of the molecule is Fc1cc(-n2cnnn2)ccc1OCc1cnn([C@@H]2CCN(c3ncc(C(F)(F)F)cn3)C[C@@H]2F)n1. The second-order valence-corrected chi connectivity index (χ2v) is 7.90. The van der Waals surface area contributed by atoms with E-state index >= 15 is 0 Å². The van der Waals surface area contributed by atoms with Crippen LogP contribution in [-0.4, -0.2) is 64.4 Å². The van der Waals surface area contributed by atoms with Gasteiger partial charge in [-0.1, -0.05) is 0 Å². The molecule has 1 saturated heterocycles. The van der Waals surface area contributed by atoms with Crippen LogP contribution >= 0.6 is 0 Å². The van der Waals surface area contributed by atoms with Crippen molar-refractivity contribution in [1.82, 2.24) is 45.2 Å². The molecule has 16 heteroatoms. The molecule has 1 aliphatic rings. The number of hydrogen-bond donors (Lipinski definition) is 0. The van der Waals surface area contributed by atoms with Crippen LogP contribution in [0.3, 0.4) is 0 Å². The maximum absolute atomic E-state index is 14.9. The van der Waals surface area contributed by atoms with Crippen LogP contribution in [0.4, 0.5) is 27.9 Å². The van der Waals surface area contributed by atoms with E-state index in [-0.39, 0.29) is 31.3 Å². The highest BCUT2D eigenvalue weighted by Gasteiger charge is 2.35. The fourth-order valence-electron chi connectivity index (χ4n) is 3.68. The zero-order valence-electron chi connectivity index (χ0n) is 18.3. The van der Waals surface area contributed by atoms with Crippen molar-refractivity contribution < 1.29 is 26.7 Å². The molecule has 0 spiro atoms. The van der Waals surface area contributed by atoms with E-state index in [9.17, 15) is 22.0 Å². The molecular weight excluding hydrogens is 491 g/mol. The van der Waals surface area contributed by atoms with E-state index in [2.05, 4.69) is 35.7 Å². The molecule has 11 nitrogen and oxygen atoms in total. The number of anilines is 1. The lowest BCUT2D eigenvalue weighted by Crippen LogP contribution is -2.44. The minimum atomic E-state index is -4.55. The molecule has 0 N–H and O–H groups in total. The third kappa shape index (κ3) is 4.92. The van der Waals surface area contributed by atoms with Crippen molar-refractivity contribution in [3.05, 3.63) is 60.2 Å². The molecule has 4 aromatic rings. The second kappa shape index (κ2) is 9.43. The van der Waals surface area contributed by atoms with Gasteiger partial charge in [0.05, 0.1) is 24.0 Å². The molecule has 4 heterocycles. The maximum Gasteiger partial charge on any atom is 0.419 e. The molecule has 188 valence electrons. The molecule has 0 radical (unpaired) electrons. The molecule has 0 saturated carbocycles. The Morgan fingerprint density at radius 2 is 1.92 bits per heavy atom. The van der Waals surface area contributed by atoms with Crippen molar-refractivity contribution in [3.8, 4) is 11.4 Å². The van der Waals surface area contributed by atoms with E-state index in [0.29, 0.717) is 30.3 Å². The van der Waals surface area contributed by atoms with Crippen LogP contribution in [0, 0.1) is 5.82 Å². The van der Waals surface area contributed by atoms with Gasteiger partial charge in [-0.2, -0.15) is 28.2 Å². The summed E-state index contributed by atoms with van der Waals surface area (Å²) < 4.78 is 74.2. The van der Waals surface area contributed by atoms with Gasteiger partial charge in [-0.15, -0.1) is 5.10 Å². The molecule has 1 aromatic carbocycles. The number of rotatable bonds is 6. The van der Waals surface area contributed by atoms with Gasteiger partial charge in [0.25, 0.3) is 0 Å². The van der Waals surface area contributed by atoms with E-state index in [1.807, 2.05) is 0 Å². The van der Waals surface area contributed by atoms with Crippen molar-refractivity contribution in [2.75, 3.05) is 18.0 Å². The Morgan fingerprint density at radius 3 is 2.58 bits per heavy atom. The van der Waals surface area contributed by atoms with E-state index in [0.717, 1.165) is 0 Å². The minimum absolute atomic E-state index is 0.0136. The Hall–Kier alpha value is -4.24. The monoisotopic (exact) mass is 508 g/mol. The smallest absolute Gasteiger partial charge is 0.419 e. The molecule has 36 heavy (non-hydrogen) atoms. The molecule has 0 amide bonds. The molecular formula is C20H17F5N10O. The highest BCUT2D eigenvalue weighted by Crippen LogP contribution is 2.30. The van der Waals surface area contributed by atoms with Crippen molar-refractivity contribution in [2.24, 2.45) is 0 Å². The Kier molecular flexibility index (Phi) is 6.15. The van der Waals surface area contributed by atoms with Gasteiger partial charge in [0.15, 0.2) is 11.6 Å². The van der Waals surface area contributed by atoms with Crippen LogP contribution in [0.25, 0.3) is 5.69 Å². The first-order valence-electron chi connectivity index (χ1n) is 10.6. The van der Waals surface area contributed by atoms with E-state index < -0.39 is 29.8 Å². The minimum Gasteiger partial charge on any atom is -0.484 e. The van der Waals surface area contributed by atoms with Gasteiger partial charge in [0, 0.05) is 25.0 Å². The molecule has 0 aliphatic carbocycles. The summed E-state index contributed by atoms with van der Waals surface area (Å²) in [4.78, 5) is 10.1. The zero-order chi connectivity index (χ0) is 25.3. The number of piperidine rings is 1. The van der Waals surface area contributed by atoms with Crippen LogP contribution in [0.2, 0.25) is 0 Å². The second-order valence-electron chi connectivity index (χ2n) is 7.90. The van der Waals surface area contributed by atoms with Crippen molar-refractivity contribution in [3.63, 3.8) is 0 Å².